The Kier molecular flexibility index (Phi) is 6.87. The third-order valence-electron chi connectivity index (χ3n) is 5.29. The predicted octanol–water partition coefficient (Wildman–Crippen LogP) is 2.88. The van der Waals surface area contributed by atoms with Gasteiger partial charge < -0.3 is 15.7 Å². The summed E-state index contributed by atoms with van der Waals surface area (Å²) in [7, 11) is 0. The van der Waals surface area contributed by atoms with E-state index in [0.717, 1.165) is 30.6 Å². The number of fused-ring (bicyclic) bond motifs is 1. The van der Waals surface area contributed by atoms with Crippen LogP contribution in [0, 0.1) is 5.92 Å². The molecule has 8 nitrogen and oxygen atoms in total. The van der Waals surface area contributed by atoms with Gasteiger partial charge in [-0.2, -0.15) is 5.10 Å². The van der Waals surface area contributed by atoms with E-state index >= 15 is 0 Å². The van der Waals surface area contributed by atoms with E-state index in [-0.39, 0.29) is 11.9 Å². The minimum Gasteiger partial charge on any atom is -0.481 e. The second-order valence-electron chi connectivity index (χ2n) is 8.41. The molecule has 0 spiro atoms. The zero-order valence-electron chi connectivity index (χ0n) is 17.9. The van der Waals surface area contributed by atoms with Crippen LogP contribution < -0.4 is 5.73 Å². The van der Waals surface area contributed by atoms with Crippen LogP contribution in [0.5, 0.6) is 0 Å². The highest BCUT2D eigenvalue weighted by molar-refractivity contribution is 5.83. The molecule has 1 saturated carbocycles. The Balaban J connectivity index is 0.000000589. The first-order chi connectivity index (χ1) is 14.3. The van der Waals surface area contributed by atoms with E-state index in [2.05, 4.69) is 13.8 Å². The van der Waals surface area contributed by atoms with Crippen molar-refractivity contribution < 1.29 is 14.7 Å². The molecule has 0 radical (unpaired) electrons. The summed E-state index contributed by atoms with van der Waals surface area (Å²) in [5.74, 6) is 2.00. The number of rotatable bonds is 5. The van der Waals surface area contributed by atoms with Crippen molar-refractivity contribution in [2.24, 2.45) is 11.7 Å². The van der Waals surface area contributed by atoms with Crippen LogP contribution in [-0.4, -0.2) is 43.2 Å². The summed E-state index contributed by atoms with van der Waals surface area (Å²) >= 11 is 0. The van der Waals surface area contributed by atoms with Gasteiger partial charge in [-0.3, -0.25) is 9.59 Å². The summed E-state index contributed by atoms with van der Waals surface area (Å²) in [6.45, 7) is 6.77. The van der Waals surface area contributed by atoms with Gasteiger partial charge in [0.15, 0.2) is 5.82 Å². The lowest BCUT2D eigenvalue weighted by Crippen LogP contribution is -2.46. The highest BCUT2D eigenvalue weighted by Gasteiger charge is 2.38. The quantitative estimate of drug-likeness (QED) is 0.779. The van der Waals surface area contributed by atoms with Crippen LogP contribution in [0.3, 0.4) is 0 Å². The molecule has 2 heterocycles. The van der Waals surface area contributed by atoms with Crippen molar-refractivity contribution in [2.45, 2.75) is 64.6 Å². The van der Waals surface area contributed by atoms with E-state index in [4.69, 9.17) is 25.7 Å². The number of hydrogen-bond donors (Lipinski definition) is 2. The first kappa shape index (κ1) is 22.0. The number of carboxylic acid groups (broad SMARTS) is 1. The molecule has 1 aromatic carbocycles. The van der Waals surface area contributed by atoms with Crippen molar-refractivity contribution in [3.8, 4) is 0 Å². The number of aromatic nitrogens is 3. The monoisotopic (exact) mass is 413 g/mol. The molecule has 8 heteroatoms. The molecule has 30 heavy (non-hydrogen) atoms. The SMILES string of the molecule is CC(=O)O.CC(C)C[C@H]1c2nc(C3CC3)nn2CCN1C(=O)[C@H](N)c1ccccc1. The number of nitrogens with two attached hydrogens (primary N) is 1. The second-order valence-corrected chi connectivity index (χ2v) is 8.41. The molecule has 3 N–H and O–H groups in total. The van der Waals surface area contributed by atoms with E-state index in [1.54, 1.807) is 0 Å². The molecule has 1 amide bonds. The van der Waals surface area contributed by atoms with E-state index in [1.807, 2.05) is 39.9 Å². The van der Waals surface area contributed by atoms with Gasteiger partial charge in [0.2, 0.25) is 5.91 Å². The zero-order valence-corrected chi connectivity index (χ0v) is 17.9. The third-order valence-corrected chi connectivity index (χ3v) is 5.29. The Hall–Kier alpha value is -2.74. The van der Waals surface area contributed by atoms with Crippen LogP contribution in [0.1, 0.15) is 75.2 Å². The molecule has 2 aromatic rings. The number of hydrogen-bond acceptors (Lipinski definition) is 5. The maximum atomic E-state index is 13.2. The maximum absolute atomic E-state index is 13.2. The van der Waals surface area contributed by atoms with E-state index < -0.39 is 12.0 Å². The minimum atomic E-state index is -0.833. The van der Waals surface area contributed by atoms with Gasteiger partial charge in [-0.1, -0.05) is 44.2 Å². The molecule has 1 aliphatic heterocycles. The highest BCUT2D eigenvalue weighted by atomic mass is 16.4. The summed E-state index contributed by atoms with van der Waals surface area (Å²) in [6.07, 6.45) is 3.23. The maximum Gasteiger partial charge on any atom is 0.300 e. The average molecular weight is 414 g/mol. The van der Waals surface area contributed by atoms with Crippen LogP contribution in [0.25, 0.3) is 0 Å². The topological polar surface area (TPSA) is 114 Å². The van der Waals surface area contributed by atoms with Gasteiger partial charge in [0.05, 0.1) is 12.6 Å². The molecule has 1 aromatic heterocycles. The predicted molar refractivity (Wildman–Crippen MR) is 113 cm³/mol. The number of nitrogens with zero attached hydrogens (tertiary/aromatic N) is 4. The molecule has 1 aliphatic carbocycles. The van der Waals surface area contributed by atoms with Gasteiger partial charge in [-0.05, 0) is 30.7 Å². The van der Waals surface area contributed by atoms with Crippen molar-refractivity contribution in [1.82, 2.24) is 19.7 Å². The van der Waals surface area contributed by atoms with Crippen LogP contribution >= 0.6 is 0 Å². The number of carbonyl (C=O) groups excluding carboxylic acids is 1. The first-order valence-corrected chi connectivity index (χ1v) is 10.5. The summed E-state index contributed by atoms with van der Waals surface area (Å²) in [5, 5.41) is 12.1. The lowest BCUT2D eigenvalue weighted by Gasteiger charge is -2.37. The Bertz CT molecular complexity index is 872. The molecule has 2 atom stereocenters. The van der Waals surface area contributed by atoms with Crippen molar-refractivity contribution in [2.75, 3.05) is 6.54 Å². The molecule has 0 saturated heterocycles. The van der Waals surface area contributed by atoms with Crippen LogP contribution in [0.2, 0.25) is 0 Å². The Labute approximate surface area is 177 Å². The van der Waals surface area contributed by atoms with E-state index in [9.17, 15) is 4.79 Å². The standard InChI is InChI=1S/C20H27N5O.C2H4O2/c1-13(2)12-16-19-22-18(15-8-9-15)23-25(19)11-10-24(16)20(26)17(21)14-6-4-3-5-7-14;1-2(3)4/h3-7,13,15-17H,8-12,21H2,1-2H3;1H3,(H,3,4)/t16-,17+;/m0./s1. The largest absolute Gasteiger partial charge is 0.481 e. The molecule has 4 rings (SSSR count). The number of amides is 1. The molecule has 2 aliphatic rings. The van der Waals surface area contributed by atoms with Gasteiger partial charge in [0.1, 0.15) is 11.9 Å². The lowest BCUT2D eigenvalue weighted by atomic mass is 9.98. The number of benzene rings is 1. The Morgan fingerprint density at radius 2 is 1.83 bits per heavy atom. The number of aliphatic carboxylic acids is 1. The molecule has 1 fully saturated rings. The van der Waals surface area contributed by atoms with Crippen LogP contribution in [0.15, 0.2) is 30.3 Å². The van der Waals surface area contributed by atoms with Gasteiger partial charge in [-0.15, -0.1) is 0 Å². The van der Waals surface area contributed by atoms with Crippen molar-refractivity contribution in [3.05, 3.63) is 47.5 Å². The number of carboxylic acids is 1. The van der Waals surface area contributed by atoms with Gasteiger partial charge in [0.25, 0.3) is 5.97 Å². The highest BCUT2D eigenvalue weighted by Crippen LogP contribution is 2.40. The van der Waals surface area contributed by atoms with Crippen molar-refractivity contribution in [1.29, 1.82) is 0 Å². The van der Waals surface area contributed by atoms with Crippen LogP contribution in [0.4, 0.5) is 0 Å². The molecule has 0 bridgehead atoms. The normalized spacial score (nSPS) is 19.0. The third kappa shape index (κ3) is 5.24. The average Bonchev–Trinajstić information content (AvgIpc) is 3.46. The van der Waals surface area contributed by atoms with Crippen LogP contribution in [-0.2, 0) is 16.1 Å². The summed E-state index contributed by atoms with van der Waals surface area (Å²) < 4.78 is 2.01. The van der Waals surface area contributed by atoms with E-state index in [1.165, 1.54) is 12.8 Å². The second kappa shape index (κ2) is 9.38. The van der Waals surface area contributed by atoms with Gasteiger partial charge in [0, 0.05) is 19.4 Å². The zero-order chi connectivity index (χ0) is 21.8. The number of carbonyl (C=O) groups is 2. The molecular weight excluding hydrogens is 382 g/mol. The van der Waals surface area contributed by atoms with Gasteiger partial charge >= 0.3 is 0 Å². The minimum absolute atomic E-state index is 0.0240. The fraction of sp³-hybridized carbons (Fsp3) is 0.545. The Morgan fingerprint density at radius 1 is 1.20 bits per heavy atom. The van der Waals surface area contributed by atoms with Gasteiger partial charge in [-0.25, -0.2) is 9.67 Å². The van der Waals surface area contributed by atoms with E-state index in [0.29, 0.717) is 24.9 Å². The Morgan fingerprint density at radius 3 is 2.40 bits per heavy atom. The van der Waals surface area contributed by atoms with Crippen molar-refractivity contribution in [3.63, 3.8) is 0 Å². The van der Waals surface area contributed by atoms with Crippen molar-refractivity contribution >= 4 is 11.9 Å². The summed E-state index contributed by atoms with van der Waals surface area (Å²) in [6, 6.07) is 8.92. The lowest BCUT2D eigenvalue weighted by molar-refractivity contribution is -0.137. The molecule has 162 valence electrons. The smallest absolute Gasteiger partial charge is 0.300 e. The molecular formula is C22H31N5O3. The fourth-order valence-electron chi connectivity index (χ4n) is 3.72. The fourth-order valence-corrected chi connectivity index (χ4v) is 3.72. The first-order valence-electron chi connectivity index (χ1n) is 10.5. The summed E-state index contributed by atoms with van der Waals surface area (Å²) in [5.41, 5.74) is 7.17. The summed E-state index contributed by atoms with van der Waals surface area (Å²) in [4.78, 5) is 29.0. The molecule has 0 unspecified atom stereocenters.